The molecule has 4 nitrogen and oxygen atoms in total. The average molecular weight is 242 g/mol. The fourth-order valence-electron chi connectivity index (χ4n) is 1.79. The lowest BCUT2D eigenvalue weighted by Gasteiger charge is -2.03. The fourth-order valence-corrected chi connectivity index (χ4v) is 1.79. The summed E-state index contributed by atoms with van der Waals surface area (Å²) in [6.07, 6.45) is 7.34. The van der Waals surface area contributed by atoms with Crippen LogP contribution in [0.5, 0.6) is 0 Å². The molecule has 0 spiro atoms. The van der Waals surface area contributed by atoms with Crippen molar-refractivity contribution in [2.75, 3.05) is 13.2 Å². The second kappa shape index (κ2) is 9.02. The molecule has 0 radical (unpaired) electrons. The predicted octanol–water partition coefficient (Wildman–Crippen LogP) is 2.60. The van der Waals surface area contributed by atoms with Crippen molar-refractivity contribution >= 4 is 11.9 Å². The van der Waals surface area contributed by atoms with Crippen LogP contribution in [0.15, 0.2) is 0 Å². The van der Waals surface area contributed by atoms with Crippen LogP contribution in [0.3, 0.4) is 0 Å². The molecule has 1 heterocycles. The third-order valence-electron chi connectivity index (χ3n) is 2.83. The zero-order valence-corrected chi connectivity index (χ0v) is 10.4. The highest BCUT2D eigenvalue weighted by Gasteiger charge is 2.06. The Morgan fingerprint density at radius 3 is 1.47 bits per heavy atom. The van der Waals surface area contributed by atoms with Gasteiger partial charge in [-0.3, -0.25) is 9.59 Å². The largest absolute Gasteiger partial charge is 0.466 e. The van der Waals surface area contributed by atoms with E-state index in [1.807, 2.05) is 0 Å². The van der Waals surface area contributed by atoms with Crippen molar-refractivity contribution in [3.05, 3.63) is 0 Å². The van der Waals surface area contributed by atoms with E-state index in [1.165, 1.54) is 0 Å². The molecule has 0 amide bonds. The van der Waals surface area contributed by atoms with Crippen molar-refractivity contribution < 1.29 is 19.1 Å². The first-order valence-corrected chi connectivity index (χ1v) is 6.60. The molecule has 0 bridgehead atoms. The fraction of sp³-hybridized carbons (Fsp3) is 0.846. The molecule has 0 aliphatic carbocycles. The molecule has 0 aromatic carbocycles. The van der Waals surface area contributed by atoms with Crippen molar-refractivity contribution in [1.29, 1.82) is 0 Å². The van der Waals surface area contributed by atoms with Gasteiger partial charge in [0.2, 0.25) is 0 Å². The molecule has 1 fully saturated rings. The number of cyclic esters (lactones) is 2. The molecule has 0 aromatic heterocycles. The van der Waals surface area contributed by atoms with Crippen molar-refractivity contribution in [3.8, 4) is 0 Å². The molecule has 1 aliphatic rings. The third-order valence-corrected chi connectivity index (χ3v) is 2.83. The van der Waals surface area contributed by atoms with Crippen LogP contribution >= 0.6 is 0 Å². The van der Waals surface area contributed by atoms with Gasteiger partial charge in [-0.1, -0.05) is 19.3 Å². The van der Waals surface area contributed by atoms with E-state index in [0.717, 1.165) is 32.1 Å². The molecule has 1 rings (SSSR count). The summed E-state index contributed by atoms with van der Waals surface area (Å²) in [5, 5.41) is 0. The average Bonchev–Trinajstić information content (AvgIpc) is 2.32. The minimum absolute atomic E-state index is 0.145. The smallest absolute Gasteiger partial charge is 0.305 e. The lowest BCUT2D eigenvalue weighted by Crippen LogP contribution is -2.07. The monoisotopic (exact) mass is 242 g/mol. The number of hydrogen-bond acceptors (Lipinski definition) is 4. The first-order valence-electron chi connectivity index (χ1n) is 6.60. The van der Waals surface area contributed by atoms with Crippen molar-refractivity contribution in [2.24, 2.45) is 0 Å². The summed E-state index contributed by atoms with van der Waals surface area (Å²) in [5.41, 5.74) is 0. The van der Waals surface area contributed by atoms with Crippen LogP contribution in [-0.2, 0) is 19.1 Å². The van der Waals surface area contributed by atoms with Crippen LogP contribution in [0.25, 0.3) is 0 Å². The quantitative estimate of drug-likeness (QED) is 0.613. The molecule has 98 valence electrons. The highest BCUT2D eigenvalue weighted by molar-refractivity contribution is 5.70. The Balaban J connectivity index is 2.24. The van der Waals surface area contributed by atoms with Gasteiger partial charge < -0.3 is 9.47 Å². The van der Waals surface area contributed by atoms with Crippen LogP contribution in [0.1, 0.15) is 57.8 Å². The first kappa shape index (κ1) is 14.0. The Morgan fingerprint density at radius 1 is 0.588 bits per heavy atom. The maximum Gasteiger partial charge on any atom is 0.305 e. The standard InChI is InChI=1S/C13H22O4/c14-12-8-4-5-9-13(15)17-11-7-3-1-2-6-10-16-12/h1-11H2. The minimum Gasteiger partial charge on any atom is -0.466 e. The zero-order chi connectivity index (χ0) is 12.3. The van der Waals surface area contributed by atoms with Gasteiger partial charge in [0.05, 0.1) is 13.2 Å². The highest BCUT2D eigenvalue weighted by Crippen LogP contribution is 2.07. The van der Waals surface area contributed by atoms with E-state index in [9.17, 15) is 9.59 Å². The van der Waals surface area contributed by atoms with Crippen molar-refractivity contribution in [3.63, 3.8) is 0 Å². The lowest BCUT2D eigenvalue weighted by atomic mass is 10.1. The summed E-state index contributed by atoms with van der Waals surface area (Å²) in [7, 11) is 0. The van der Waals surface area contributed by atoms with Gasteiger partial charge in [0.15, 0.2) is 0 Å². The molecule has 0 unspecified atom stereocenters. The molecule has 1 aliphatic heterocycles. The maximum atomic E-state index is 11.3. The Bertz CT molecular complexity index is 214. The van der Waals surface area contributed by atoms with Crippen LogP contribution in [-0.4, -0.2) is 25.2 Å². The molecule has 4 heteroatoms. The number of ether oxygens (including phenoxy) is 2. The summed E-state index contributed by atoms with van der Waals surface area (Å²) in [6.45, 7) is 1.07. The van der Waals surface area contributed by atoms with E-state index in [2.05, 4.69) is 0 Å². The van der Waals surface area contributed by atoms with Crippen molar-refractivity contribution in [1.82, 2.24) is 0 Å². The Hall–Kier alpha value is -1.06. The Morgan fingerprint density at radius 2 is 1.00 bits per heavy atom. The molecular formula is C13H22O4. The van der Waals surface area contributed by atoms with Gasteiger partial charge in [0.1, 0.15) is 0 Å². The maximum absolute atomic E-state index is 11.3. The molecular weight excluding hydrogens is 220 g/mol. The second-order valence-corrected chi connectivity index (χ2v) is 4.42. The van der Waals surface area contributed by atoms with Crippen LogP contribution in [0, 0.1) is 0 Å². The van der Waals surface area contributed by atoms with Gasteiger partial charge >= 0.3 is 11.9 Å². The molecule has 0 atom stereocenters. The molecule has 0 aromatic rings. The summed E-state index contributed by atoms with van der Waals surface area (Å²) in [4.78, 5) is 22.5. The van der Waals surface area contributed by atoms with E-state index in [1.54, 1.807) is 0 Å². The first-order chi connectivity index (χ1) is 8.29. The number of esters is 2. The summed E-state index contributed by atoms with van der Waals surface area (Å²) < 4.78 is 10.2. The number of hydrogen-bond donors (Lipinski definition) is 0. The van der Waals surface area contributed by atoms with E-state index in [0.29, 0.717) is 38.9 Å². The van der Waals surface area contributed by atoms with Gasteiger partial charge in [-0.25, -0.2) is 0 Å². The van der Waals surface area contributed by atoms with Gasteiger partial charge in [0, 0.05) is 12.8 Å². The highest BCUT2D eigenvalue weighted by atomic mass is 16.5. The Labute approximate surface area is 103 Å². The summed E-state index contributed by atoms with van der Waals surface area (Å²) in [6, 6.07) is 0. The predicted molar refractivity (Wildman–Crippen MR) is 63.5 cm³/mol. The van der Waals surface area contributed by atoms with Crippen LogP contribution in [0.4, 0.5) is 0 Å². The molecule has 0 saturated carbocycles. The van der Waals surface area contributed by atoms with E-state index in [4.69, 9.17) is 9.47 Å². The normalized spacial score (nSPS) is 21.9. The number of carbonyl (C=O) groups is 2. The van der Waals surface area contributed by atoms with E-state index >= 15 is 0 Å². The molecule has 1 saturated heterocycles. The van der Waals surface area contributed by atoms with Gasteiger partial charge in [-0.2, -0.15) is 0 Å². The summed E-state index contributed by atoms with van der Waals surface area (Å²) in [5.74, 6) is -0.290. The molecule has 17 heavy (non-hydrogen) atoms. The third kappa shape index (κ3) is 7.77. The van der Waals surface area contributed by atoms with Gasteiger partial charge in [-0.15, -0.1) is 0 Å². The minimum atomic E-state index is -0.145. The van der Waals surface area contributed by atoms with Crippen LogP contribution in [0.2, 0.25) is 0 Å². The number of carbonyl (C=O) groups excluding carboxylic acids is 2. The number of rotatable bonds is 0. The van der Waals surface area contributed by atoms with E-state index < -0.39 is 0 Å². The van der Waals surface area contributed by atoms with Gasteiger partial charge in [-0.05, 0) is 25.7 Å². The second-order valence-electron chi connectivity index (χ2n) is 4.42. The topological polar surface area (TPSA) is 52.6 Å². The SMILES string of the molecule is O=C1CCCCC(=O)OCCCCCCCO1. The van der Waals surface area contributed by atoms with E-state index in [-0.39, 0.29) is 11.9 Å². The Kier molecular flexibility index (Phi) is 7.43. The van der Waals surface area contributed by atoms with Crippen LogP contribution < -0.4 is 0 Å². The zero-order valence-electron chi connectivity index (χ0n) is 10.4. The van der Waals surface area contributed by atoms with Gasteiger partial charge in [0.25, 0.3) is 0 Å². The van der Waals surface area contributed by atoms with Crippen molar-refractivity contribution in [2.45, 2.75) is 57.8 Å². The summed E-state index contributed by atoms with van der Waals surface area (Å²) >= 11 is 0. The molecule has 0 N–H and O–H groups in total. The lowest BCUT2D eigenvalue weighted by molar-refractivity contribution is -0.145.